The maximum absolute atomic E-state index is 11.4. The van der Waals surface area contributed by atoms with Crippen LogP contribution in [0.1, 0.15) is 51.1 Å². The summed E-state index contributed by atoms with van der Waals surface area (Å²) < 4.78 is 11.1. The fourth-order valence-corrected chi connectivity index (χ4v) is 2.73. The Morgan fingerprint density at radius 1 is 0.727 bits per heavy atom. The number of aromatic carboxylic acids is 2. The van der Waals surface area contributed by atoms with Crippen LogP contribution in [-0.4, -0.2) is 47.0 Å². The molecule has 0 radical (unpaired) electrons. The lowest BCUT2D eigenvalue weighted by Gasteiger charge is -2.12. The zero-order valence-corrected chi connectivity index (χ0v) is 19.1. The third-order valence-corrected chi connectivity index (χ3v) is 4.35. The zero-order chi connectivity index (χ0) is 23.0. The van der Waals surface area contributed by atoms with Gasteiger partial charge in [0.25, 0.3) is 0 Å². The van der Waals surface area contributed by atoms with Gasteiger partial charge in [-0.2, -0.15) is 0 Å². The predicted molar refractivity (Wildman–Crippen MR) is 128 cm³/mol. The van der Waals surface area contributed by atoms with Crippen molar-refractivity contribution in [2.24, 2.45) is 11.5 Å². The Morgan fingerprint density at radius 2 is 1.09 bits per heavy atom. The van der Waals surface area contributed by atoms with Crippen molar-refractivity contribution < 1.29 is 29.3 Å². The summed E-state index contributed by atoms with van der Waals surface area (Å²) in [7, 11) is 0. The lowest BCUT2D eigenvalue weighted by Crippen LogP contribution is -2.13. The number of rotatable bonds is 12. The van der Waals surface area contributed by atoms with Gasteiger partial charge in [-0.25, -0.2) is 9.59 Å². The highest BCUT2D eigenvalue weighted by Gasteiger charge is 2.14. The van der Waals surface area contributed by atoms with Crippen LogP contribution >= 0.6 is 24.8 Å². The van der Waals surface area contributed by atoms with Gasteiger partial charge in [-0.15, -0.1) is 24.8 Å². The van der Waals surface area contributed by atoms with Crippen LogP contribution in [0.2, 0.25) is 0 Å². The lowest BCUT2D eigenvalue weighted by molar-refractivity contribution is 0.0681. The van der Waals surface area contributed by atoms with E-state index >= 15 is 0 Å². The van der Waals surface area contributed by atoms with Crippen LogP contribution in [0.25, 0.3) is 0 Å². The maximum atomic E-state index is 11.4. The minimum Gasteiger partial charge on any atom is -0.493 e. The third kappa shape index (κ3) is 8.51. The highest BCUT2D eigenvalue weighted by atomic mass is 35.5. The van der Waals surface area contributed by atoms with Gasteiger partial charge in [0.1, 0.15) is 34.3 Å². The van der Waals surface area contributed by atoms with Crippen molar-refractivity contribution in [1.82, 2.24) is 0 Å². The van der Waals surface area contributed by atoms with Gasteiger partial charge >= 0.3 is 11.9 Å². The molecule has 12 heteroatoms. The molecule has 0 bridgehead atoms. The van der Waals surface area contributed by atoms with Gasteiger partial charge in [0.15, 0.2) is 0 Å². The number of carboxylic acid groups (broad SMARTS) is 2. The summed E-state index contributed by atoms with van der Waals surface area (Å²) in [6, 6.07) is 8.59. The Morgan fingerprint density at radius 3 is 1.39 bits per heavy atom. The van der Waals surface area contributed by atoms with Gasteiger partial charge in [0, 0.05) is 11.1 Å². The number of carboxylic acids is 2. The Labute approximate surface area is 202 Å². The first kappa shape index (κ1) is 29.5. The fourth-order valence-electron chi connectivity index (χ4n) is 2.73. The number of hydrogen-bond donors (Lipinski definition) is 6. The highest BCUT2D eigenvalue weighted by Crippen LogP contribution is 2.22. The Bertz CT molecular complexity index is 937. The molecule has 0 aromatic heterocycles. The Hall–Kier alpha value is -3.50. The summed E-state index contributed by atoms with van der Waals surface area (Å²) in [6.07, 6.45) is 1.97. The number of carbonyl (C=O) groups is 2. The fraction of sp³-hybridized carbons (Fsp3) is 0.238. The maximum Gasteiger partial charge on any atom is 0.339 e. The Balaban J connectivity index is 0.00000512. The van der Waals surface area contributed by atoms with Crippen molar-refractivity contribution in [3.05, 3.63) is 58.7 Å². The summed E-state index contributed by atoms with van der Waals surface area (Å²) in [5.74, 6) is -2.39. The predicted octanol–water partition coefficient (Wildman–Crippen LogP) is 3.12. The minimum absolute atomic E-state index is 0. The molecule has 2 rings (SSSR count). The molecule has 0 heterocycles. The summed E-state index contributed by atoms with van der Waals surface area (Å²) in [5, 5.41) is 33.4. The molecule has 0 atom stereocenters. The average molecular weight is 501 g/mol. The molecule has 0 aliphatic heterocycles. The number of halogens is 2. The minimum atomic E-state index is -1.17. The summed E-state index contributed by atoms with van der Waals surface area (Å²) in [5.41, 5.74) is 11.2. The number of ether oxygens (including phenoxy) is 2. The van der Waals surface area contributed by atoms with Crippen LogP contribution in [0.15, 0.2) is 36.4 Å². The van der Waals surface area contributed by atoms with E-state index in [0.29, 0.717) is 30.4 Å². The molecule has 33 heavy (non-hydrogen) atoms. The van der Waals surface area contributed by atoms with E-state index in [2.05, 4.69) is 0 Å². The van der Waals surface area contributed by atoms with E-state index in [0.717, 1.165) is 0 Å². The number of benzene rings is 2. The smallest absolute Gasteiger partial charge is 0.339 e. The number of hydrogen-bond acceptors (Lipinski definition) is 6. The number of nitrogens with two attached hydrogens (primary N) is 2. The van der Waals surface area contributed by atoms with Gasteiger partial charge in [-0.1, -0.05) is 0 Å². The van der Waals surface area contributed by atoms with Gasteiger partial charge in [-0.05, 0) is 55.7 Å². The van der Waals surface area contributed by atoms with E-state index < -0.39 is 11.9 Å². The molecular formula is C21H26Cl2N4O6. The molecule has 0 saturated carbocycles. The largest absolute Gasteiger partial charge is 0.493 e. The standard InChI is InChI=1S/C21H24N4O6.2ClH/c22-18(23)12-4-6-16(14(10-12)20(26)27)30-8-2-1-3-9-31-17-7-5-13(19(24)25)11-15(17)21(28)29;;/h4-7,10-11H,1-3,8-9H2,(H3,22,23)(H3,24,25)(H,26,27)(H,28,29);2*1H. The molecular weight excluding hydrogens is 475 g/mol. The molecule has 0 fully saturated rings. The van der Waals surface area contributed by atoms with E-state index in [9.17, 15) is 19.8 Å². The number of nitrogens with one attached hydrogen (secondary N) is 2. The van der Waals surface area contributed by atoms with Crippen molar-refractivity contribution in [1.29, 1.82) is 10.8 Å². The zero-order valence-electron chi connectivity index (χ0n) is 17.5. The molecule has 0 aliphatic rings. The monoisotopic (exact) mass is 500 g/mol. The van der Waals surface area contributed by atoms with Gasteiger partial charge in [0.2, 0.25) is 0 Å². The average Bonchev–Trinajstić information content (AvgIpc) is 2.72. The van der Waals surface area contributed by atoms with Gasteiger partial charge < -0.3 is 31.2 Å². The molecule has 180 valence electrons. The van der Waals surface area contributed by atoms with Crippen molar-refractivity contribution in [3.8, 4) is 11.5 Å². The molecule has 0 spiro atoms. The molecule has 0 unspecified atom stereocenters. The van der Waals surface area contributed by atoms with Gasteiger partial charge in [-0.3, -0.25) is 10.8 Å². The normalized spacial score (nSPS) is 9.70. The van der Waals surface area contributed by atoms with Crippen LogP contribution in [0.5, 0.6) is 11.5 Å². The summed E-state index contributed by atoms with van der Waals surface area (Å²) in [6.45, 7) is 0.570. The Kier molecular flexibility index (Phi) is 12.3. The summed E-state index contributed by atoms with van der Waals surface area (Å²) >= 11 is 0. The highest BCUT2D eigenvalue weighted by molar-refractivity contribution is 6.00. The summed E-state index contributed by atoms with van der Waals surface area (Å²) in [4.78, 5) is 22.7. The van der Waals surface area contributed by atoms with Crippen LogP contribution < -0.4 is 20.9 Å². The second kappa shape index (κ2) is 13.8. The molecule has 8 N–H and O–H groups in total. The first-order valence-electron chi connectivity index (χ1n) is 9.39. The van der Waals surface area contributed by atoms with E-state index in [1.165, 1.54) is 36.4 Å². The quantitative estimate of drug-likeness (QED) is 0.145. The van der Waals surface area contributed by atoms with Crippen molar-refractivity contribution in [2.45, 2.75) is 19.3 Å². The van der Waals surface area contributed by atoms with Crippen molar-refractivity contribution in [2.75, 3.05) is 13.2 Å². The molecule has 2 aromatic carbocycles. The van der Waals surface area contributed by atoms with Gasteiger partial charge in [0.05, 0.1) is 13.2 Å². The first-order valence-corrected chi connectivity index (χ1v) is 9.39. The van der Waals surface area contributed by atoms with E-state index in [4.69, 9.17) is 31.8 Å². The second-order valence-electron chi connectivity index (χ2n) is 6.62. The van der Waals surface area contributed by atoms with Crippen LogP contribution in [-0.2, 0) is 0 Å². The van der Waals surface area contributed by atoms with Crippen LogP contribution in [0.4, 0.5) is 0 Å². The second-order valence-corrected chi connectivity index (χ2v) is 6.62. The molecule has 0 amide bonds. The SMILES string of the molecule is Cl.Cl.N=C(N)c1ccc(OCCCCCOc2ccc(C(=N)N)cc2C(=O)O)c(C(=O)O)c1. The van der Waals surface area contributed by atoms with Crippen LogP contribution in [0, 0.1) is 10.8 Å². The third-order valence-electron chi connectivity index (χ3n) is 4.35. The van der Waals surface area contributed by atoms with Crippen molar-refractivity contribution in [3.63, 3.8) is 0 Å². The molecule has 0 aliphatic carbocycles. The topological polar surface area (TPSA) is 193 Å². The van der Waals surface area contributed by atoms with Crippen molar-refractivity contribution >= 4 is 48.4 Å². The molecule has 0 saturated heterocycles. The number of unbranched alkanes of at least 4 members (excludes halogenated alkanes) is 2. The van der Waals surface area contributed by atoms with E-state index in [1.54, 1.807) is 0 Å². The molecule has 10 nitrogen and oxygen atoms in total. The number of nitrogen functional groups attached to an aromatic ring is 2. The number of amidine groups is 2. The van der Waals surface area contributed by atoms with E-state index in [-0.39, 0.29) is 72.3 Å². The van der Waals surface area contributed by atoms with Crippen LogP contribution in [0.3, 0.4) is 0 Å². The molecule has 2 aromatic rings. The lowest BCUT2D eigenvalue weighted by atomic mass is 10.1. The van der Waals surface area contributed by atoms with E-state index in [1.807, 2.05) is 0 Å². The first-order chi connectivity index (χ1) is 14.7.